The van der Waals surface area contributed by atoms with Crippen molar-refractivity contribution in [3.63, 3.8) is 0 Å². The fourth-order valence-electron chi connectivity index (χ4n) is 1.92. The highest BCUT2D eigenvalue weighted by Crippen LogP contribution is 2.14. The molecule has 1 atom stereocenters. The molecular weight excluding hydrogens is 280 g/mol. The van der Waals surface area contributed by atoms with Crippen molar-refractivity contribution in [2.45, 2.75) is 46.2 Å². The van der Waals surface area contributed by atoms with Crippen LogP contribution >= 0.6 is 0 Å². The number of nitrogens with one attached hydrogen (secondary N) is 3. The molecule has 0 heterocycles. The van der Waals surface area contributed by atoms with E-state index in [2.05, 4.69) is 16.0 Å². The third kappa shape index (κ3) is 6.58. The van der Waals surface area contributed by atoms with Crippen LogP contribution in [-0.4, -0.2) is 24.0 Å². The first-order valence-electron chi connectivity index (χ1n) is 7.52. The first-order chi connectivity index (χ1) is 10.3. The van der Waals surface area contributed by atoms with Gasteiger partial charge in [0.05, 0.1) is 6.04 Å². The lowest BCUT2D eigenvalue weighted by molar-refractivity contribution is -0.117. The van der Waals surface area contributed by atoms with Crippen LogP contribution in [0, 0.1) is 5.92 Å². The summed E-state index contributed by atoms with van der Waals surface area (Å²) in [6.07, 6.45) is 0.640. The molecule has 0 bridgehead atoms. The van der Waals surface area contributed by atoms with Crippen LogP contribution in [-0.2, 0) is 4.79 Å². The van der Waals surface area contributed by atoms with Gasteiger partial charge in [0.25, 0.3) is 0 Å². The summed E-state index contributed by atoms with van der Waals surface area (Å²) in [5.74, 6) is 0.166. The van der Waals surface area contributed by atoms with Crippen LogP contribution in [0.2, 0.25) is 0 Å². The SMILES string of the molecule is CC(C)C[C@H](N)C(=O)Nc1ccc(NC(=O)NC(C)C)cc1. The maximum atomic E-state index is 11.9. The van der Waals surface area contributed by atoms with Crippen LogP contribution in [0.5, 0.6) is 0 Å². The predicted octanol–water partition coefficient (Wildman–Crippen LogP) is 2.53. The Labute approximate surface area is 131 Å². The molecule has 0 spiro atoms. The molecule has 6 heteroatoms. The molecule has 0 radical (unpaired) electrons. The Bertz CT molecular complexity index is 497. The van der Waals surface area contributed by atoms with Crippen molar-refractivity contribution >= 4 is 23.3 Å². The number of hydrogen-bond acceptors (Lipinski definition) is 3. The van der Waals surface area contributed by atoms with E-state index in [1.807, 2.05) is 27.7 Å². The van der Waals surface area contributed by atoms with Crippen molar-refractivity contribution in [1.29, 1.82) is 0 Å². The molecule has 0 aromatic heterocycles. The van der Waals surface area contributed by atoms with Crippen LogP contribution in [0.4, 0.5) is 16.2 Å². The molecule has 3 amide bonds. The lowest BCUT2D eigenvalue weighted by Gasteiger charge is -2.14. The Kier molecular flexibility index (Phi) is 6.85. The van der Waals surface area contributed by atoms with Crippen LogP contribution in [0.25, 0.3) is 0 Å². The Morgan fingerprint density at radius 3 is 1.95 bits per heavy atom. The molecule has 0 saturated heterocycles. The third-order valence-electron chi connectivity index (χ3n) is 2.89. The number of rotatable bonds is 6. The molecule has 1 rings (SSSR count). The molecule has 0 aliphatic rings. The van der Waals surface area contributed by atoms with Gasteiger partial charge >= 0.3 is 6.03 Å². The van der Waals surface area contributed by atoms with Gasteiger partial charge in [0.2, 0.25) is 5.91 Å². The van der Waals surface area contributed by atoms with E-state index in [1.54, 1.807) is 24.3 Å². The number of benzene rings is 1. The van der Waals surface area contributed by atoms with Crippen molar-refractivity contribution in [2.75, 3.05) is 10.6 Å². The highest BCUT2D eigenvalue weighted by molar-refractivity contribution is 5.95. The monoisotopic (exact) mass is 306 g/mol. The summed E-state index contributed by atoms with van der Waals surface area (Å²) in [6, 6.07) is 6.20. The number of carbonyl (C=O) groups excluding carboxylic acids is 2. The zero-order valence-corrected chi connectivity index (χ0v) is 13.6. The number of hydrogen-bond donors (Lipinski definition) is 4. The quantitative estimate of drug-likeness (QED) is 0.650. The van der Waals surface area contributed by atoms with Crippen molar-refractivity contribution in [1.82, 2.24) is 5.32 Å². The maximum Gasteiger partial charge on any atom is 0.319 e. The van der Waals surface area contributed by atoms with Gasteiger partial charge in [-0.15, -0.1) is 0 Å². The molecule has 0 fully saturated rings. The smallest absolute Gasteiger partial charge is 0.319 e. The number of nitrogens with two attached hydrogens (primary N) is 1. The average Bonchev–Trinajstić information content (AvgIpc) is 2.39. The van der Waals surface area contributed by atoms with E-state index in [0.29, 0.717) is 23.7 Å². The Morgan fingerprint density at radius 2 is 1.50 bits per heavy atom. The second kappa shape index (κ2) is 8.38. The number of amides is 3. The van der Waals surface area contributed by atoms with Gasteiger partial charge in [-0.3, -0.25) is 4.79 Å². The van der Waals surface area contributed by atoms with Crippen LogP contribution in [0.1, 0.15) is 34.1 Å². The summed E-state index contributed by atoms with van der Waals surface area (Å²) in [7, 11) is 0. The maximum absolute atomic E-state index is 11.9. The van der Waals surface area contributed by atoms with Crippen molar-refractivity contribution in [3.05, 3.63) is 24.3 Å². The number of urea groups is 1. The van der Waals surface area contributed by atoms with E-state index in [0.717, 1.165) is 0 Å². The molecule has 0 aliphatic heterocycles. The molecule has 122 valence electrons. The fraction of sp³-hybridized carbons (Fsp3) is 0.500. The molecule has 0 aliphatic carbocycles. The largest absolute Gasteiger partial charge is 0.336 e. The zero-order chi connectivity index (χ0) is 16.7. The molecule has 0 unspecified atom stereocenters. The van der Waals surface area contributed by atoms with Gasteiger partial charge in [-0.05, 0) is 50.5 Å². The summed E-state index contributed by atoms with van der Waals surface area (Å²) in [4.78, 5) is 23.5. The van der Waals surface area contributed by atoms with Gasteiger partial charge in [-0.2, -0.15) is 0 Å². The molecule has 5 N–H and O–H groups in total. The second-order valence-electron chi connectivity index (χ2n) is 6.06. The molecule has 1 aromatic rings. The Hall–Kier alpha value is -2.08. The minimum Gasteiger partial charge on any atom is -0.336 e. The first-order valence-corrected chi connectivity index (χ1v) is 7.52. The van der Waals surface area contributed by atoms with E-state index < -0.39 is 6.04 Å². The van der Waals surface area contributed by atoms with E-state index in [1.165, 1.54) is 0 Å². The van der Waals surface area contributed by atoms with Gasteiger partial charge in [-0.25, -0.2) is 4.79 Å². The van der Waals surface area contributed by atoms with E-state index >= 15 is 0 Å². The minimum atomic E-state index is -0.519. The van der Waals surface area contributed by atoms with Crippen molar-refractivity contribution < 1.29 is 9.59 Å². The zero-order valence-electron chi connectivity index (χ0n) is 13.6. The van der Waals surface area contributed by atoms with Gasteiger partial charge in [-0.1, -0.05) is 13.8 Å². The van der Waals surface area contributed by atoms with Crippen molar-refractivity contribution in [2.24, 2.45) is 11.7 Å². The Balaban J connectivity index is 2.54. The first kappa shape index (κ1) is 18.0. The molecule has 6 nitrogen and oxygen atoms in total. The van der Waals surface area contributed by atoms with Gasteiger partial charge in [0.15, 0.2) is 0 Å². The van der Waals surface area contributed by atoms with E-state index in [9.17, 15) is 9.59 Å². The summed E-state index contributed by atoms with van der Waals surface area (Å²) in [6.45, 7) is 7.82. The summed E-state index contributed by atoms with van der Waals surface area (Å²) in [5.41, 5.74) is 7.14. The van der Waals surface area contributed by atoms with Crippen LogP contribution < -0.4 is 21.7 Å². The minimum absolute atomic E-state index is 0.0704. The standard InChI is InChI=1S/C16H26N4O2/c1-10(2)9-14(17)15(21)19-12-5-7-13(8-6-12)20-16(22)18-11(3)4/h5-8,10-11,14H,9,17H2,1-4H3,(H,19,21)(H2,18,20,22)/t14-/m0/s1. The molecular formula is C16H26N4O2. The van der Waals surface area contributed by atoms with E-state index in [4.69, 9.17) is 5.73 Å². The molecule has 0 saturated carbocycles. The normalized spacial score (nSPS) is 12.1. The van der Waals surface area contributed by atoms with Crippen molar-refractivity contribution in [3.8, 4) is 0 Å². The highest BCUT2D eigenvalue weighted by Gasteiger charge is 2.15. The lowest BCUT2D eigenvalue weighted by Crippen LogP contribution is -2.36. The van der Waals surface area contributed by atoms with Gasteiger partial charge < -0.3 is 21.7 Å². The number of carbonyl (C=O) groups is 2. The summed E-state index contributed by atoms with van der Waals surface area (Å²) < 4.78 is 0. The predicted molar refractivity (Wildman–Crippen MR) is 89.8 cm³/mol. The fourth-order valence-corrected chi connectivity index (χ4v) is 1.92. The highest BCUT2D eigenvalue weighted by atomic mass is 16.2. The van der Waals surface area contributed by atoms with Gasteiger partial charge in [0, 0.05) is 17.4 Å². The molecule has 1 aromatic carbocycles. The Morgan fingerprint density at radius 1 is 1.00 bits per heavy atom. The summed E-state index contributed by atoms with van der Waals surface area (Å²) in [5, 5.41) is 8.22. The van der Waals surface area contributed by atoms with E-state index in [-0.39, 0.29) is 18.0 Å². The third-order valence-corrected chi connectivity index (χ3v) is 2.89. The summed E-state index contributed by atoms with van der Waals surface area (Å²) >= 11 is 0. The lowest BCUT2D eigenvalue weighted by atomic mass is 10.0. The average molecular weight is 306 g/mol. The van der Waals surface area contributed by atoms with Crippen LogP contribution in [0.3, 0.4) is 0 Å². The second-order valence-corrected chi connectivity index (χ2v) is 6.06. The molecule has 22 heavy (non-hydrogen) atoms. The van der Waals surface area contributed by atoms with Crippen LogP contribution in [0.15, 0.2) is 24.3 Å². The topological polar surface area (TPSA) is 96.2 Å². The number of anilines is 2. The van der Waals surface area contributed by atoms with Gasteiger partial charge in [0.1, 0.15) is 0 Å².